The molecule has 0 atom stereocenters. The highest BCUT2D eigenvalue weighted by Crippen LogP contribution is 2.30. The highest BCUT2D eigenvalue weighted by Gasteiger charge is 2.09. The van der Waals surface area contributed by atoms with Gasteiger partial charge < -0.3 is 9.47 Å². The molecule has 3 rings (SSSR count). The van der Waals surface area contributed by atoms with Gasteiger partial charge in [-0.15, -0.1) is 0 Å². The lowest BCUT2D eigenvalue weighted by atomic mass is 10.1. The van der Waals surface area contributed by atoms with Gasteiger partial charge in [0.05, 0.1) is 24.4 Å². The quantitative estimate of drug-likeness (QED) is 0.529. The van der Waals surface area contributed by atoms with Gasteiger partial charge in [-0.25, -0.2) is 4.98 Å². The summed E-state index contributed by atoms with van der Waals surface area (Å²) < 4.78 is 12.7. The lowest BCUT2D eigenvalue weighted by Crippen LogP contribution is -2.15. The monoisotopic (exact) mass is 398 g/mol. The number of rotatable bonds is 7. The van der Waals surface area contributed by atoms with Crippen LogP contribution in [0.2, 0.25) is 0 Å². The van der Waals surface area contributed by atoms with E-state index in [0.29, 0.717) is 34.5 Å². The van der Waals surface area contributed by atoms with Crippen molar-refractivity contribution in [1.82, 2.24) is 9.38 Å². The third-order valence-electron chi connectivity index (χ3n) is 4.29. The summed E-state index contributed by atoms with van der Waals surface area (Å²) in [6.07, 6.45) is 5.57. The van der Waals surface area contributed by atoms with Gasteiger partial charge in [0.15, 0.2) is 11.5 Å². The van der Waals surface area contributed by atoms with Gasteiger partial charge in [0, 0.05) is 12.3 Å². The number of aromatic nitrogens is 2. The number of methoxy groups -OCH3 is 1. The van der Waals surface area contributed by atoms with E-state index < -0.39 is 0 Å². The molecule has 0 saturated heterocycles. The van der Waals surface area contributed by atoms with Crippen LogP contribution in [-0.2, 0) is 0 Å². The van der Waals surface area contributed by atoms with Gasteiger partial charge in [0.25, 0.3) is 5.56 Å². The van der Waals surface area contributed by atoms with Crippen molar-refractivity contribution in [3.63, 3.8) is 0 Å². The molecule has 0 N–H and O–H groups in total. The molecule has 0 radical (unpaired) electrons. The molecule has 28 heavy (non-hydrogen) atoms. The van der Waals surface area contributed by atoms with Crippen LogP contribution >= 0.6 is 11.6 Å². The Labute approximate surface area is 169 Å². The summed E-state index contributed by atoms with van der Waals surface area (Å²) >= 11 is 6.46. The molecular formula is C22H23ClN2O3. The summed E-state index contributed by atoms with van der Waals surface area (Å²) in [6.45, 7) is 4.69. The Morgan fingerprint density at radius 2 is 2.04 bits per heavy atom. The number of nitrogens with zero attached hydrogens (tertiary/aromatic N) is 2. The van der Waals surface area contributed by atoms with Crippen molar-refractivity contribution in [3.05, 3.63) is 69.8 Å². The van der Waals surface area contributed by atoms with E-state index in [-0.39, 0.29) is 5.56 Å². The Bertz CT molecular complexity index is 1070. The van der Waals surface area contributed by atoms with Gasteiger partial charge in [-0.3, -0.25) is 9.20 Å². The first-order valence-corrected chi connectivity index (χ1v) is 9.58. The second-order valence-electron chi connectivity index (χ2n) is 6.52. The maximum Gasteiger partial charge on any atom is 0.258 e. The number of fused-ring (bicyclic) bond motifs is 1. The molecule has 0 aliphatic carbocycles. The van der Waals surface area contributed by atoms with E-state index in [2.05, 4.69) is 11.9 Å². The molecule has 0 aliphatic heterocycles. The molecule has 0 aliphatic rings. The summed E-state index contributed by atoms with van der Waals surface area (Å²) in [4.78, 5) is 16.9. The molecule has 5 nitrogen and oxygen atoms in total. The Morgan fingerprint density at radius 3 is 2.79 bits per heavy atom. The molecule has 0 spiro atoms. The number of halogens is 1. The SMILES string of the molecule is CCCCOc1ccc(/C=C(\Cl)c2cc(=O)n3cc(C)ccc3n2)cc1OC. The summed E-state index contributed by atoms with van der Waals surface area (Å²) in [5.74, 6) is 1.33. The number of hydrogen-bond acceptors (Lipinski definition) is 4. The van der Waals surface area contributed by atoms with Crippen molar-refractivity contribution >= 4 is 28.4 Å². The Kier molecular flexibility index (Phi) is 6.37. The van der Waals surface area contributed by atoms with E-state index in [1.54, 1.807) is 25.4 Å². The van der Waals surface area contributed by atoms with Crippen LogP contribution in [0, 0.1) is 6.92 Å². The second kappa shape index (κ2) is 8.93. The third kappa shape index (κ3) is 4.54. The van der Waals surface area contributed by atoms with Crippen LogP contribution in [0.15, 0.2) is 47.4 Å². The summed E-state index contributed by atoms with van der Waals surface area (Å²) in [5.41, 5.74) is 2.62. The van der Waals surface area contributed by atoms with Crippen LogP contribution < -0.4 is 15.0 Å². The van der Waals surface area contributed by atoms with Crippen LogP contribution in [0.3, 0.4) is 0 Å². The van der Waals surface area contributed by atoms with Crippen LogP contribution in [0.4, 0.5) is 0 Å². The Balaban J connectivity index is 1.91. The zero-order valence-corrected chi connectivity index (χ0v) is 17.0. The Morgan fingerprint density at radius 1 is 1.21 bits per heavy atom. The van der Waals surface area contributed by atoms with E-state index in [0.717, 1.165) is 24.0 Å². The predicted octanol–water partition coefficient (Wildman–Crippen LogP) is 4.93. The fourth-order valence-corrected chi connectivity index (χ4v) is 2.99. The number of unbranched alkanes of at least 4 members (excludes halogenated alkanes) is 1. The van der Waals surface area contributed by atoms with Gasteiger partial charge in [-0.1, -0.05) is 37.1 Å². The molecule has 2 heterocycles. The number of aryl methyl sites for hydroxylation is 1. The Hall–Kier alpha value is -2.79. The zero-order chi connectivity index (χ0) is 20.1. The molecule has 0 unspecified atom stereocenters. The molecule has 1 aromatic carbocycles. The van der Waals surface area contributed by atoms with Crippen molar-refractivity contribution in [1.29, 1.82) is 0 Å². The lowest BCUT2D eigenvalue weighted by molar-refractivity contribution is 0.288. The molecule has 0 bridgehead atoms. The smallest absolute Gasteiger partial charge is 0.258 e. The predicted molar refractivity (Wildman–Crippen MR) is 113 cm³/mol. The molecule has 0 saturated carbocycles. The van der Waals surface area contributed by atoms with Crippen LogP contribution in [0.5, 0.6) is 11.5 Å². The normalized spacial score (nSPS) is 11.6. The maximum absolute atomic E-state index is 12.4. The lowest BCUT2D eigenvalue weighted by Gasteiger charge is -2.11. The molecular weight excluding hydrogens is 376 g/mol. The zero-order valence-electron chi connectivity index (χ0n) is 16.2. The maximum atomic E-state index is 12.4. The summed E-state index contributed by atoms with van der Waals surface area (Å²) in [7, 11) is 1.60. The fourth-order valence-electron chi connectivity index (χ4n) is 2.77. The van der Waals surface area contributed by atoms with Crippen molar-refractivity contribution in [3.8, 4) is 11.5 Å². The molecule has 6 heteroatoms. The molecule has 0 fully saturated rings. The molecule has 0 amide bonds. The standard InChI is InChI=1S/C22H23ClN2O3/c1-4-5-10-28-19-8-7-16(12-20(19)27-3)11-17(23)18-13-22(26)25-14-15(2)6-9-21(25)24-18/h6-9,11-14H,4-5,10H2,1-3H3/b17-11-. The highest BCUT2D eigenvalue weighted by atomic mass is 35.5. The number of benzene rings is 1. The largest absolute Gasteiger partial charge is 0.493 e. The first kappa shape index (κ1) is 20.0. The van der Waals surface area contributed by atoms with Gasteiger partial charge in [0.2, 0.25) is 0 Å². The average molecular weight is 399 g/mol. The van der Waals surface area contributed by atoms with E-state index in [1.165, 1.54) is 10.5 Å². The van der Waals surface area contributed by atoms with Gasteiger partial charge in [-0.2, -0.15) is 0 Å². The van der Waals surface area contributed by atoms with Crippen LogP contribution in [-0.4, -0.2) is 23.1 Å². The first-order chi connectivity index (χ1) is 13.5. The van der Waals surface area contributed by atoms with E-state index in [4.69, 9.17) is 21.1 Å². The summed E-state index contributed by atoms with van der Waals surface area (Å²) in [5, 5.41) is 0.377. The van der Waals surface area contributed by atoms with Crippen molar-refractivity contribution in [2.24, 2.45) is 0 Å². The minimum absolute atomic E-state index is 0.174. The third-order valence-corrected chi connectivity index (χ3v) is 4.59. The minimum Gasteiger partial charge on any atom is -0.493 e. The first-order valence-electron chi connectivity index (χ1n) is 9.20. The summed E-state index contributed by atoms with van der Waals surface area (Å²) in [6, 6.07) is 10.7. The van der Waals surface area contributed by atoms with Gasteiger partial charge in [0.1, 0.15) is 5.65 Å². The molecule has 3 aromatic rings. The van der Waals surface area contributed by atoms with Crippen LogP contribution in [0.25, 0.3) is 16.8 Å². The topological polar surface area (TPSA) is 52.8 Å². The van der Waals surface area contributed by atoms with Gasteiger partial charge in [-0.05, 0) is 48.7 Å². The number of ether oxygens (including phenoxy) is 2. The van der Waals surface area contributed by atoms with E-state index in [1.807, 2.05) is 31.2 Å². The van der Waals surface area contributed by atoms with Crippen molar-refractivity contribution in [2.75, 3.05) is 13.7 Å². The highest BCUT2D eigenvalue weighted by molar-refractivity contribution is 6.51. The second-order valence-corrected chi connectivity index (χ2v) is 6.93. The van der Waals surface area contributed by atoms with Gasteiger partial charge >= 0.3 is 0 Å². The number of pyridine rings is 1. The van der Waals surface area contributed by atoms with E-state index in [9.17, 15) is 4.79 Å². The van der Waals surface area contributed by atoms with Crippen molar-refractivity contribution < 1.29 is 9.47 Å². The molecule has 2 aromatic heterocycles. The number of hydrogen-bond donors (Lipinski definition) is 0. The van der Waals surface area contributed by atoms with Crippen molar-refractivity contribution in [2.45, 2.75) is 26.7 Å². The fraction of sp³-hybridized carbons (Fsp3) is 0.273. The minimum atomic E-state index is -0.174. The average Bonchev–Trinajstić information content (AvgIpc) is 2.69. The van der Waals surface area contributed by atoms with E-state index >= 15 is 0 Å². The molecule has 146 valence electrons. The van der Waals surface area contributed by atoms with Crippen LogP contribution in [0.1, 0.15) is 36.6 Å².